The Balaban J connectivity index is 1.43. The maximum Gasteiger partial charge on any atom is 0.264 e. The highest BCUT2D eigenvalue weighted by Crippen LogP contribution is 2.32. The lowest BCUT2D eigenvalue weighted by Gasteiger charge is -2.35. The molecule has 2 aliphatic heterocycles. The summed E-state index contributed by atoms with van der Waals surface area (Å²) in [6, 6.07) is 12.7. The van der Waals surface area contributed by atoms with Gasteiger partial charge in [-0.15, -0.1) is 0 Å². The number of carbonyl (C=O) groups is 1. The Morgan fingerprint density at radius 2 is 1.61 bits per heavy atom. The molecule has 49 heavy (non-hydrogen) atoms. The Hall–Kier alpha value is -4.72. The SMILES string of the molecule is Cc1cccc(C)c1-c1cc2nc(n1)NS(=O)(=O)c1cccc(c1)C(=O)N(Cc1ncc(N3C[C@@H](F)[C@@H](F)C3)cn1)[C@H](CC(C)(C)C)CO2. The molecule has 2 aliphatic rings. The predicted octanol–water partition coefficient (Wildman–Crippen LogP) is 5.69. The van der Waals surface area contributed by atoms with Crippen LogP contribution in [0.5, 0.6) is 5.88 Å². The van der Waals surface area contributed by atoms with Crippen molar-refractivity contribution < 1.29 is 26.7 Å². The van der Waals surface area contributed by atoms with Crippen LogP contribution in [0.25, 0.3) is 11.3 Å². The van der Waals surface area contributed by atoms with Crippen molar-refractivity contribution in [2.75, 3.05) is 29.3 Å². The minimum atomic E-state index is -4.22. The molecule has 0 aliphatic carbocycles. The molecule has 11 nitrogen and oxygen atoms in total. The minimum Gasteiger partial charge on any atom is -0.475 e. The molecule has 4 bridgehead atoms. The van der Waals surface area contributed by atoms with Gasteiger partial charge in [-0.1, -0.05) is 45.0 Å². The lowest BCUT2D eigenvalue weighted by Crippen LogP contribution is -2.45. The first kappa shape index (κ1) is 34.2. The number of fused-ring (bicyclic) bond motifs is 4. The number of carbonyl (C=O) groups excluding carboxylic acids is 1. The first-order chi connectivity index (χ1) is 23.2. The fourth-order valence-corrected chi connectivity index (χ4v) is 7.22. The number of amides is 1. The number of hydrogen-bond acceptors (Lipinski definition) is 9. The third-order valence-corrected chi connectivity index (χ3v) is 9.91. The normalized spacial score (nSPS) is 20.9. The van der Waals surface area contributed by atoms with Crippen LogP contribution in [0.3, 0.4) is 0 Å². The second-order valence-electron chi connectivity index (χ2n) is 13.8. The number of rotatable bonds is 5. The Morgan fingerprint density at radius 1 is 0.959 bits per heavy atom. The van der Waals surface area contributed by atoms with Gasteiger partial charge in [0.25, 0.3) is 15.9 Å². The number of hydrogen-bond donors (Lipinski definition) is 1. The monoisotopic (exact) mass is 691 g/mol. The highest BCUT2D eigenvalue weighted by molar-refractivity contribution is 7.92. The van der Waals surface area contributed by atoms with E-state index in [1.54, 1.807) is 21.9 Å². The number of benzene rings is 2. The van der Waals surface area contributed by atoms with Gasteiger partial charge in [0.2, 0.25) is 11.8 Å². The molecule has 258 valence electrons. The van der Waals surface area contributed by atoms with Gasteiger partial charge >= 0.3 is 0 Å². The van der Waals surface area contributed by atoms with E-state index < -0.39 is 34.3 Å². The molecule has 2 aromatic carbocycles. The van der Waals surface area contributed by atoms with Gasteiger partial charge in [-0.25, -0.2) is 36.9 Å². The summed E-state index contributed by atoms with van der Waals surface area (Å²) < 4.78 is 63.8. The van der Waals surface area contributed by atoms with Gasteiger partial charge in [0, 0.05) is 17.2 Å². The van der Waals surface area contributed by atoms with Gasteiger partial charge in [0.1, 0.15) is 12.4 Å². The highest BCUT2D eigenvalue weighted by Gasteiger charge is 2.34. The van der Waals surface area contributed by atoms with E-state index in [0.717, 1.165) is 16.7 Å². The molecule has 14 heteroatoms. The van der Waals surface area contributed by atoms with Crippen molar-refractivity contribution in [3.8, 4) is 17.1 Å². The number of halogens is 2. The molecule has 1 fully saturated rings. The molecule has 1 saturated heterocycles. The lowest BCUT2D eigenvalue weighted by molar-refractivity contribution is 0.0505. The van der Waals surface area contributed by atoms with Crippen molar-refractivity contribution in [3.05, 3.63) is 83.4 Å². The van der Waals surface area contributed by atoms with Crippen LogP contribution in [-0.2, 0) is 16.6 Å². The van der Waals surface area contributed by atoms with E-state index in [2.05, 4.69) is 24.7 Å². The van der Waals surface area contributed by atoms with Gasteiger partial charge in [-0.2, -0.15) is 4.98 Å². The van der Waals surface area contributed by atoms with Crippen LogP contribution in [-0.4, -0.2) is 77.2 Å². The number of nitrogens with one attached hydrogen (secondary N) is 1. The molecule has 0 spiro atoms. The van der Waals surface area contributed by atoms with E-state index in [0.29, 0.717) is 23.6 Å². The van der Waals surface area contributed by atoms with E-state index in [4.69, 9.17) is 4.74 Å². The molecule has 2 aromatic heterocycles. The van der Waals surface area contributed by atoms with Crippen LogP contribution in [0.15, 0.2) is 65.8 Å². The molecular weight excluding hydrogens is 652 g/mol. The number of aryl methyl sites for hydroxylation is 2. The summed E-state index contributed by atoms with van der Waals surface area (Å²) >= 11 is 0. The van der Waals surface area contributed by atoms with E-state index in [1.165, 1.54) is 30.6 Å². The molecule has 3 atom stereocenters. The topological polar surface area (TPSA) is 131 Å². The molecule has 0 saturated carbocycles. The van der Waals surface area contributed by atoms with Gasteiger partial charge in [-0.3, -0.25) is 4.79 Å². The number of ether oxygens (including phenoxy) is 1. The molecule has 4 aromatic rings. The maximum absolute atomic E-state index is 14.4. The van der Waals surface area contributed by atoms with Crippen molar-refractivity contribution in [1.82, 2.24) is 24.8 Å². The number of sulfonamides is 1. The second kappa shape index (κ2) is 13.3. The molecular formula is C35H39F2N7O4S. The first-order valence-corrected chi connectivity index (χ1v) is 17.5. The summed E-state index contributed by atoms with van der Waals surface area (Å²) in [5, 5.41) is 0. The van der Waals surface area contributed by atoms with E-state index in [1.807, 2.05) is 52.8 Å². The van der Waals surface area contributed by atoms with Gasteiger partial charge < -0.3 is 14.5 Å². The molecule has 0 unspecified atom stereocenters. The summed E-state index contributed by atoms with van der Waals surface area (Å²) in [5.74, 6) is -0.192. The number of aromatic nitrogens is 4. The zero-order valence-electron chi connectivity index (χ0n) is 28.0. The Labute approximate surface area is 284 Å². The van der Waals surface area contributed by atoms with Crippen LogP contribution >= 0.6 is 0 Å². The first-order valence-electron chi connectivity index (χ1n) is 16.0. The van der Waals surface area contributed by atoms with Crippen LogP contribution in [0.4, 0.5) is 20.4 Å². The van der Waals surface area contributed by atoms with Gasteiger partial charge in [0.05, 0.1) is 54.3 Å². The molecule has 6 rings (SSSR count). The summed E-state index contributed by atoms with van der Waals surface area (Å²) in [6.45, 7) is 9.82. The summed E-state index contributed by atoms with van der Waals surface area (Å²) in [5.41, 5.74) is 3.53. The average molecular weight is 692 g/mol. The Morgan fingerprint density at radius 3 is 2.27 bits per heavy atom. The second-order valence-corrected chi connectivity index (χ2v) is 15.5. The maximum atomic E-state index is 14.4. The fraction of sp³-hybridized carbons (Fsp3) is 0.400. The smallest absolute Gasteiger partial charge is 0.264 e. The summed E-state index contributed by atoms with van der Waals surface area (Å²) in [6.07, 6.45) is 0.311. The van der Waals surface area contributed by atoms with Crippen LogP contribution in [0, 0.1) is 19.3 Å². The van der Waals surface area contributed by atoms with Crippen LogP contribution < -0.4 is 14.4 Å². The zero-order chi connectivity index (χ0) is 35.1. The third kappa shape index (κ3) is 7.64. The third-order valence-electron chi connectivity index (χ3n) is 8.58. The number of alkyl halides is 2. The van der Waals surface area contributed by atoms with Gasteiger partial charge in [-0.05, 0) is 55.0 Å². The quantitative estimate of drug-likeness (QED) is 0.281. The predicted molar refractivity (Wildman–Crippen MR) is 181 cm³/mol. The average Bonchev–Trinajstić information content (AvgIpc) is 3.38. The van der Waals surface area contributed by atoms with Crippen molar-refractivity contribution in [1.29, 1.82) is 0 Å². The number of anilines is 2. The van der Waals surface area contributed by atoms with Crippen molar-refractivity contribution in [2.24, 2.45) is 5.41 Å². The molecule has 1 N–H and O–H groups in total. The van der Waals surface area contributed by atoms with Crippen LogP contribution in [0.2, 0.25) is 0 Å². The minimum absolute atomic E-state index is 0.0136. The largest absolute Gasteiger partial charge is 0.475 e. The van der Waals surface area contributed by atoms with Crippen molar-refractivity contribution in [3.63, 3.8) is 0 Å². The van der Waals surface area contributed by atoms with Crippen LogP contribution in [0.1, 0.15) is 54.5 Å². The Kier molecular flexibility index (Phi) is 9.27. The van der Waals surface area contributed by atoms with Gasteiger partial charge in [0.15, 0.2) is 12.3 Å². The Bertz CT molecular complexity index is 1940. The highest BCUT2D eigenvalue weighted by atomic mass is 32.2. The molecule has 4 heterocycles. The van der Waals surface area contributed by atoms with E-state index in [9.17, 15) is 22.0 Å². The van der Waals surface area contributed by atoms with Crippen molar-refractivity contribution in [2.45, 2.75) is 70.9 Å². The van der Waals surface area contributed by atoms with E-state index in [-0.39, 0.29) is 53.9 Å². The zero-order valence-corrected chi connectivity index (χ0v) is 28.8. The van der Waals surface area contributed by atoms with E-state index >= 15 is 0 Å². The molecule has 1 amide bonds. The lowest BCUT2D eigenvalue weighted by atomic mass is 9.87. The number of nitrogens with zero attached hydrogens (tertiary/aromatic N) is 6. The summed E-state index contributed by atoms with van der Waals surface area (Å²) in [7, 11) is -4.22. The molecule has 0 radical (unpaired) electrons. The standard InChI is InChI=1S/C35H39F2N7O4S/c1-21-8-6-9-22(2)32(21)29-13-31-41-34(40-29)42-49(46,47)26-11-7-10-23(12-26)33(45)44(24(20-48-31)14-35(3,4)5)19-30-38-15-25(16-39-30)43-17-27(36)28(37)18-43/h6-13,15-16,24,27-28H,14,17-20H2,1-5H3,(H,40,41,42)/t24-,27-,28+/m1/s1. The summed E-state index contributed by atoms with van der Waals surface area (Å²) in [4.78, 5) is 35.2. The van der Waals surface area contributed by atoms with Crippen molar-refractivity contribution >= 4 is 27.6 Å². The fourth-order valence-electron chi connectivity index (χ4n) is 6.23.